The molecule has 0 unspecified atom stereocenters. The van der Waals surface area contributed by atoms with Gasteiger partial charge in [0.25, 0.3) is 10.0 Å². The van der Waals surface area contributed by atoms with Crippen LogP contribution in [0.15, 0.2) is 21.5 Å². The summed E-state index contributed by atoms with van der Waals surface area (Å²) in [5.74, 6) is 5.43. The molecule has 0 spiro atoms. The molecule has 0 aliphatic rings. The van der Waals surface area contributed by atoms with Gasteiger partial charge in [0.15, 0.2) is 0 Å². The number of hydrazine groups is 1. The molecular formula is C7H12N4O2S2. The minimum Gasteiger partial charge on any atom is -0.254 e. The molecular weight excluding hydrogens is 236 g/mol. The van der Waals surface area contributed by atoms with Crippen molar-refractivity contribution in [3.8, 4) is 0 Å². The van der Waals surface area contributed by atoms with Crippen molar-refractivity contribution in [3.63, 3.8) is 0 Å². The van der Waals surface area contributed by atoms with E-state index in [1.165, 1.54) is 5.51 Å². The standard InChI is InChI=1S/C7H12N4O2S2/c1-6(2)3-4-11(8)15(12,13)7-10-9-5-14-7/h3,5H,4,8H2,1-2H3. The molecule has 0 aromatic carbocycles. The van der Waals surface area contributed by atoms with E-state index in [1.54, 1.807) is 6.08 Å². The third-order valence-corrected chi connectivity index (χ3v) is 4.24. The van der Waals surface area contributed by atoms with Crippen LogP contribution in [0.1, 0.15) is 13.8 Å². The zero-order valence-electron chi connectivity index (χ0n) is 8.41. The van der Waals surface area contributed by atoms with Gasteiger partial charge in [-0.05, 0) is 13.8 Å². The first-order chi connectivity index (χ1) is 6.94. The van der Waals surface area contributed by atoms with E-state index < -0.39 is 10.0 Å². The summed E-state index contributed by atoms with van der Waals surface area (Å²) in [6.07, 6.45) is 1.72. The Hall–Kier alpha value is -0.830. The van der Waals surface area contributed by atoms with Crippen molar-refractivity contribution in [2.24, 2.45) is 5.84 Å². The molecule has 84 valence electrons. The average molecular weight is 248 g/mol. The van der Waals surface area contributed by atoms with Gasteiger partial charge in [-0.15, -0.1) is 14.6 Å². The Morgan fingerprint density at radius 1 is 1.67 bits per heavy atom. The van der Waals surface area contributed by atoms with E-state index >= 15 is 0 Å². The van der Waals surface area contributed by atoms with Crippen molar-refractivity contribution >= 4 is 21.4 Å². The van der Waals surface area contributed by atoms with E-state index in [-0.39, 0.29) is 10.9 Å². The monoisotopic (exact) mass is 248 g/mol. The highest BCUT2D eigenvalue weighted by Crippen LogP contribution is 2.13. The molecule has 0 amide bonds. The summed E-state index contributed by atoms with van der Waals surface area (Å²) >= 11 is 0.940. The van der Waals surface area contributed by atoms with Gasteiger partial charge >= 0.3 is 0 Å². The number of aromatic nitrogens is 2. The van der Waals surface area contributed by atoms with Crippen LogP contribution in [0.25, 0.3) is 0 Å². The van der Waals surface area contributed by atoms with Crippen LogP contribution in [-0.4, -0.2) is 29.6 Å². The molecule has 0 saturated carbocycles. The van der Waals surface area contributed by atoms with Crippen LogP contribution in [0, 0.1) is 0 Å². The van der Waals surface area contributed by atoms with Gasteiger partial charge in [0.05, 0.1) is 0 Å². The highest BCUT2D eigenvalue weighted by atomic mass is 32.2. The van der Waals surface area contributed by atoms with Crippen LogP contribution in [-0.2, 0) is 10.0 Å². The van der Waals surface area contributed by atoms with Crippen molar-refractivity contribution in [3.05, 3.63) is 17.2 Å². The van der Waals surface area contributed by atoms with Gasteiger partial charge < -0.3 is 0 Å². The lowest BCUT2D eigenvalue weighted by Crippen LogP contribution is -2.37. The highest BCUT2D eigenvalue weighted by molar-refractivity contribution is 7.91. The average Bonchev–Trinajstić information content (AvgIpc) is 2.66. The van der Waals surface area contributed by atoms with Crippen LogP contribution in [0.3, 0.4) is 0 Å². The zero-order chi connectivity index (χ0) is 11.5. The van der Waals surface area contributed by atoms with Crippen LogP contribution in [0.2, 0.25) is 0 Å². The molecule has 0 fully saturated rings. The second kappa shape index (κ2) is 4.79. The van der Waals surface area contributed by atoms with Crippen LogP contribution in [0.4, 0.5) is 0 Å². The number of sulfonamides is 1. The third-order valence-electron chi connectivity index (χ3n) is 1.55. The van der Waals surface area contributed by atoms with Gasteiger partial charge in [-0.2, -0.15) is 0 Å². The predicted molar refractivity (Wildman–Crippen MR) is 57.4 cm³/mol. The largest absolute Gasteiger partial charge is 0.285 e. The Bertz CT molecular complexity index is 434. The number of nitrogens with zero attached hydrogens (tertiary/aromatic N) is 3. The SMILES string of the molecule is CC(C)=CCN(N)S(=O)(=O)c1nncs1. The van der Waals surface area contributed by atoms with E-state index in [9.17, 15) is 8.42 Å². The fourth-order valence-electron chi connectivity index (χ4n) is 0.746. The minimum absolute atomic E-state index is 0.0906. The summed E-state index contributed by atoms with van der Waals surface area (Å²) in [5, 5.41) is 6.93. The molecule has 1 aromatic rings. The van der Waals surface area contributed by atoms with Crippen molar-refractivity contribution in [2.45, 2.75) is 18.2 Å². The number of rotatable bonds is 4. The Balaban J connectivity index is 2.84. The van der Waals surface area contributed by atoms with Gasteiger partial charge in [-0.25, -0.2) is 8.42 Å². The number of allylic oxidation sites excluding steroid dienone is 1. The van der Waals surface area contributed by atoms with Crippen molar-refractivity contribution in [2.75, 3.05) is 6.54 Å². The van der Waals surface area contributed by atoms with Gasteiger partial charge in [0.1, 0.15) is 5.51 Å². The zero-order valence-corrected chi connectivity index (χ0v) is 10.0. The van der Waals surface area contributed by atoms with Gasteiger partial charge in [0, 0.05) is 6.54 Å². The number of hydrogen-bond acceptors (Lipinski definition) is 6. The molecule has 0 bridgehead atoms. The van der Waals surface area contributed by atoms with Crippen molar-refractivity contribution in [1.29, 1.82) is 0 Å². The summed E-state index contributed by atoms with van der Waals surface area (Å²) in [5.41, 5.74) is 2.35. The van der Waals surface area contributed by atoms with Crippen LogP contribution < -0.4 is 5.84 Å². The van der Waals surface area contributed by atoms with Crippen LogP contribution >= 0.6 is 11.3 Å². The lowest BCUT2D eigenvalue weighted by molar-refractivity contribution is 0.457. The first-order valence-electron chi connectivity index (χ1n) is 4.11. The van der Waals surface area contributed by atoms with Crippen molar-refractivity contribution in [1.82, 2.24) is 14.6 Å². The van der Waals surface area contributed by atoms with Gasteiger partial charge in [-0.1, -0.05) is 23.0 Å². The summed E-state index contributed by atoms with van der Waals surface area (Å²) in [6, 6.07) is 0. The van der Waals surface area contributed by atoms with E-state index in [0.29, 0.717) is 0 Å². The van der Waals surface area contributed by atoms with Crippen LogP contribution in [0.5, 0.6) is 0 Å². The first kappa shape index (κ1) is 12.2. The lowest BCUT2D eigenvalue weighted by Gasteiger charge is -2.11. The maximum Gasteiger partial charge on any atom is 0.285 e. The fourth-order valence-corrected chi connectivity index (χ4v) is 2.55. The highest BCUT2D eigenvalue weighted by Gasteiger charge is 2.23. The molecule has 1 rings (SSSR count). The smallest absolute Gasteiger partial charge is 0.254 e. The molecule has 0 aliphatic heterocycles. The molecule has 15 heavy (non-hydrogen) atoms. The third kappa shape index (κ3) is 3.06. The maximum absolute atomic E-state index is 11.7. The summed E-state index contributed by atoms with van der Waals surface area (Å²) < 4.78 is 24.0. The van der Waals surface area contributed by atoms with Gasteiger partial charge in [0.2, 0.25) is 4.34 Å². The first-order valence-corrected chi connectivity index (χ1v) is 6.43. The van der Waals surface area contributed by atoms with E-state index in [0.717, 1.165) is 21.3 Å². The topological polar surface area (TPSA) is 89.2 Å². The van der Waals surface area contributed by atoms with E-state index in [4.69, 9.17) is 5.84 Å². The Morgan fingerprint density at radius 2 is 2.33 bits per heavy atom. The molecule has 0 aliphatic carbocycles. The minimum atomic E-state index is -3.68. The lowest BCUT2D eigenvalue weighted by atomic mass is 10.3. The molecule has 0 radical (unpaired) electrons. The second-order valence-electron chi connectivity index (χ2n) is 3.06. The molecule has 1 heterocycles. The molecule has 8 heteroatoms. The second-order valence-corrected chi connectivity index (χ2v) is 5.96. The van der Waals surface area contributed by atoms with E-state index in [2.05, 4.69) is 10.2 Å². The van der Waals surface area contributed by atoms with E-state index in [1.807, 2.05) is 13.8 Å². The summed E-state index contributed by atoms with van der Waals surface area (Å²) in [4.78, 5) is 0. The quantitative estimate of drug-likeness (QED) is 0.472. The summed E-state index contributed by atoms with van der Waals surface area (Å²) in [7, 11) is -3.68. The Kier molecular flexibility index (Phi) is 3.91. The predicted octanol–water partition coefficient (Wildman–Crippen LogP) is 0.369. The number of nitrogens with two attached hydrogens (primary N) is 1. The molecule has 0 atom stereocenters. The summed E-state index contributed by atoms with van der Waals surface area (Å²) in [6.45, 7) is 3.86. The number of hydrogen-bond donors (Lipinski definition) is 1. The molecule has 1 aromatic heterocycles. The van der Waals surface area contributed by atoms with Gasteiger partial charge in [-0.3, -0.25) is 5.84 Å². The molecule has 2 N–H and O–H groups in total. The fraction of sp³-hybridized carbons (Fsp3) is 0.429. The molecule has 6 nitrogen and oxygen atoms in total. The van der Waals surface area contributed by atoms with Crippen molar-refractivity contribution < 1.29 is 8.42 Å². The maximum atomic E-state index is 11.7. The Labute approximate surface area is 92.4 Å². The Morgan fingerprint density at radius 3 is 2.80 bits per heavy atom. The normalized spacial score (nSPS) is 11.7. The molecule has 0 saturated heterocycles.